The number of Topliss-reactive ketones (excluding diaryl/α,β-unsaturated/α-hetero) is 1. The summed E-state index contributed by atoms with van der Waals surface area (Å²) in [5.41, 5.74) is 3.59. The van der Waals surface area contributed by atoms with E-state index in [0.29, 0.717) is 52.4 Å². The molecule has 1 amide bonds. The van der Waals surface area contributed by atoms with E-state index >= 15 is 0 Å². The fourth-order valence-corrected chi connectivity index (χ4v) is 7.79. The summed E-state index contributed by atoms with van der Waals surface area (Å²) < 4.78 is 31.9. The number of carbonyl (C=O) groups is 2. The van der Waals surface area contributed by atoms with E-state index in [-0.39, 0.29) is 28.4 Å². The standard InChI is InChI=1S/C38H32FN3O6S2/c1-3-46-31-19-25(11-16-30(31)47-20-23-7-5-4-6-8-23)33-32(34(43)26-12-15-29-27(18-26)17-22(2)48-29)35(44)36(45)42(33)37-40-41-38(50-37)49-21-24-9-13-28(39)14-10-24/h4-16,18-19,22,33,43H,3,17,20-21H2,1-2H3/b34-32+/t22-,33-/m1/s1. The number of hydrogen-bond donors (Lipinski definition) is 1. The average molecular weight is 710 g/mol. The summed E-state index contributed by atoms with van der Waals surface area (Å²) in [5, 5.41) is 20.6. The first-order valence-electron chi connectivity index (χ1n) is 16.0. The maximum atomic E-state index is 13.9. The normalized spacial score (nSPS) is 17.9. The molecular weight excluding hydrogens is 678 g/mol. The van der Waals surface area contributed by atoms with E-state index < -0.39 is 17.7 Å². The number of ether oxygens (including phenoxy) is 3. The molecule has 254 valence electrons. The third-order valence-electron chi connectivity index (χ3n) is 8.31. The smallest absolute Gasteiger partial charge is 0.301 e. The number of carbonyl (C=O) groups excluding carboxylic acids is 2. The number of rotatable bonds is 11. The van der Waals surface area contributed by atoms with Gasteiger partial charge in [-0.25, -0.2) is 4.39 Å². The van der Waals surface area contributed by atoms with Crippen molar-refractivity contribution in [3.05, 3.63) is 130 Å². The summed E-state index contributed by atoms with van der Waals surface area (Å²) in [6, 6.07) is 25.3. The molecule has 0 saturated carbocycles. The lowest BCUT2D eigenvalue weighted by molar-refractivity contribution is -0.132. The third kappa shape index (κ3) is 6.81. The Labute approximate surface area is 296 Å². The quantitative estimate of drug-likeness (QED) is 0.0481. The minimum atomic E-state index is -1.05. The van der Waals surface area contributed by atoms with E-state index in [9.17, 15) is 19.1 Å². The fourth-order valence-electron chi connectivity index (χ4n) is 5.97. The van der Waals surface area contributed by atoms with Crippen molar-refractivity contribution in [2.75, 3.05) is 11.5 Å². The second-order valence-corrected chi connectivity index (χ2v) is 14.0. The molecule has 5 aromatic rings. The van der Waals surface area contributed by atoms with E-state index in [2.05, 4.69) is 10.2 Å². The highest BCUT2D eigenvalue weighted by Crippen LogP contribution is 2.46. The number of halogens is 1. The van der Waals surface area contributed by atoms with Gasteiger partial charge in [0, 0.05) is 17.7 Å². The highest BCUT2D eigenvalue weighted by Gasteiger charge is 2.48. The summed E-state index contributed by atoms with van der Waals surface area (Å²) >= 11 is 2.53. The number of fused-ring (bicyclic) bond motifs is 1. The number of hydrogen-bond acceptors (Lipinski definition) is 10. The summed E-state index contributed by atoms with van der Waals surface area (Å²) in [6.07, 6.45) is 0.639. The molecule has 3 heterocycles. The van der Waals surface area contributed by atoms with Crippen molar-refractivity contribution in [3.8, 4) is 17.2 Å². The van der Waals surface area contributed by atoms with Crippen molar-refractivity contribution >= 4 is 45.7 Å². The van der Waals surface area contributed by atoms with Crippen molar-refractivity contribution in [3.63, 3.8) is 0 Å². The van der Waals surface area contributed by atoms with Crippen LogP contribution in [0.4, 0.5) is 9.52 Å². The molecule has 1 fully saturated rings. The minimum Gasteiger partial charge on any atom is -0.507 e. The van der Waals surface area contributed by atoms with Crippen LogP contribution in [0, 0.1) is 5.82 Å². The number of ketones is 1. The maximum absolute atomic E-state index is 13.9. The zero-order valence-corrected chi connectivity index (χ0v) is 28.8. The third-order valence-corrected chi connectivity index (χ3v) is 10.4. The Morgan fingerprint density at radius 2 is 1.78 bits per heavy atom. The van der Waals surface area contributed by atoms with Crippen LogP contribution < -0.4 is 19.1 Å². The molecule has 0 aliphatic carbocycles. The average Bonchev–Trinajstić information content (AvgIpc) is 3.82. The van der Waals surface area contributed by atoms with Crippen LogP contribution in [-0.2, 0) is 28.4 Å². The lowest BCUT2D eigenvalue weighted by Gasteiger charge is -2.24. The van der Waals surface area contributed by atoms with E-state index in [1.54, 1.807) is 48.5 Å². The predicted octanol–water partition coefficient (Wildman–Crippen LogP) is 7.90. The maximum Gasteiger partial charge on any atom is 0.301 e. The monoisotopic (exact) mass is 709 g/mol. The van der Waals surface area contributed by atoms with Crippen LogP contribution in [0.25, 0.3) is 5.76 Å². The van der Waals surface area contributed by atoms with Gasteiger partial charge in [0.2, 0.25) is 5.13 Å². The van der Waals surface area contributed by atoms with Gasteiger partial charge >= 0.3 is 5.91 Å². The largest absolute Gasteiger partial charge is 0.507 e. The zero-order valence-electron chi connectivity index (χ0n) is 27.2. The first-order valence-corrected chi connectivity index (χ1v) is 17.8. The van der Waals surface area contributed by atoms with Crippen LogP contribution in [0.5, 0.6) is 17.2 Å². The summed E-state index contributed by atoms with van der Waals surface area (Å²) in [5.74, 6) is -0.200. The molecule has 0 spiro atoms. The number of aliphatic hydroxyl groups is 1. The number of amides is 1. The summed E-state index contributed by atoms with van der Waals surface area (Å²) in [7, 11) is 0. The molecule has 50 heavy (non-hydrogen) atoms. The molecule has 12 heteroatoms. The second-order valence-electron chi connectivity index (χ2n) is 11.8. The summed E-state index contributed by atoms with van der Waals surface area (Å²) in [4.78, 5) is 29.0. The molecule has 2 atom stereocenters. The molecule has 9 nitrogen and oxygen atoms in total. The fraction of sp³-hybridized carbons (Fsp3) is 0.211. The van der Waals surface area contributed by atoms with Gasteiger partial charge in [-0.1, -0.05) is 71.6 Å². The van der Waals surface area contributed by atoms with E-state index in [0.717, 1.165) is 33.8 Å². The van der Waals surface area contributed by atoms with Gasteiger partial charge in [0.05, 0.1) is 18.2 Å². The predicted molar refractivity (Wildman–Crippen MR) is 189 cm³/mol. The van der Waals surface area contributed by atoms with Crippen molar-refractivity contribution in [2.45, 2.75) is 49.1 Å². The van der Waals surface area contributed by atoms with Crippen LogP contribution in [-0.4, -0.2) is 39.7 Å². The Bertz CT molecular complexity index is 2090. The lowest BCUT2D eigenvalue weighted by Crippen LogP contribution is -2.29. The molecular formula is C38H32FN3O6S2. The van der Waals surface area contributed by atoms with Crippen molar-refractivity contribution in [1.29, 1.82) is 0 Å². The van der Waals surface area contributed by atoms with Gasteiger partial charge in [-0.3, -0.25) is 14.5 Å². The van der Waals surface area contributed by atoms with E-state index in [1.165, 1.54) is 28.8 Å². The Morgan fingerprint density at radius 3 is 2.56 bits per heavy atom. The minimum absolute atomic E-state index is 0.0138. The molecule has 2 aliphatic rings. The highest BCUT2D eigenvalue weighted by atomic mass is 32.2. The Balaban J connectivity index is 1.27. The molecule has 0 radical (unpaired) electrons. The van der Waals surface area contributed by atoms with Gasteiger partial charge in [0.25, 0.3) is 5.78 Å². The topological polar surface area (TPSA) is 111 Å². The Morgan fingerprint density at radius 1 is 0.980 bits per heavy atom. The summed E-state index contributed by atoms with van der Waals surface area (Å²) in [6.45, 7) is 4.46. The molecule has 4 aromatic carbocycles. The first kappa shape index (κ1) is 33.3. The number of thioether (sulfide) groups is 1. The van der Waals surface area contributed by atoms with Gasteiger partial charge < -0.3 is 19.3 Å². The number of nitrogens with zero attached hydrogens (tertiary/aromatic N) is 3. The van der Waals surface area contributed by atoms with E-state index in [1.807, 2.05) is 44.2 Å². The molecule has 2 aliphatic heterocycles. The molecule has 1 saturated heterocycles. The van der Waals surface area contributed by atoms with Gasteiger partial charge in [0.1, 0.15) is 30.0 Å². The van der Waals surface area contributed by atoms with Crippen molar-refractivity contribution in [1.82, 2.24) is 10.2 Å². The van der Waals surface area contributed by atoms with Crippen LogP contribution >= 0.6 is 23.1 Å². The number of benzene rings is 4. The van der Waals surface area contributed by atoms with Gasteiger partial charge in [-0.05, 0) is 78.6 Å². The number of aliphatic hydroxyl groups excluding tert-OH is 1. The lowest BCUT2D eigenvalue weighted by atomic mass is 9.94. The van der Waals surface area contributed by atoms with Crippen LogP contribution in [0.15, 0.2) is 101 Å². The Hall–Kier alpha value is -5.20. The van der Waals surface area contributed by atoms with Crippen molar-refractivity contribution < 1.29 is 33.3 Å². The molecule has 0 unspecified atom stereocenters. The molecule has 1 aromatic heterocycles. The van der Waals surface area contributed by atoms with Crippen LogP contribution in [0.2, 0.25) is 0 Å². The zero-order chi connectivity index (χ0) is 34.8. The van der Waals surface area contributed by atoms with Gasteiger partial charge in [0.15, 0.2) is 15.8 Å². The van der Waals surface area contributed by atoms with E-state index in [4.69, 9.17) is 14.2 Å². The molecule has 0 bridgehead atoms. The molecule has 7 rings (SSSR count). The van der Waals surface area contributed by atoms with Gasteiger partial charge in [-0.15, -0.1) is 10.2 Å². The van der Waals surface area contributed by atoms with Gasteiger partial charge in [-0.2, -0.15) is 0 Å². The number of anilines is 1. The first-order chi connectivity index (χ1) is 24.3. The van der Waals surface area contributed by atoms with Crippen LogP contribution in [0.1, 0.15) is 47.7 Å². The van der Waals surface area contributed by atoms with Crippen molar-refractivity contribution in [2.24, 2.45) is 0 Å². The highest BCUT2D eigenvalue weighted by molar-refractivity contribution is 8.00. The Kier molecular flexibility index (Phi) is 9.55. The molecule has 1 N–H and O–H groups in total. The number of aromatic nitrogens is 2. The second kappa shape index (κ2) is 14.3. The van der Waals surface area contributed by atoms with Crippen LogP contribution in [0.3, 0.4) is 0 Å². The SMILES string of the molecule is CCOc1cc([C@@H]2/C(=C(\O)c3ccc4c(c3)C[C@@H](C)O4)C(=O)C(=O)N2c2nnc(SCc3ccc(F)cc3)s2)ccc1OCc1ccccc1.